The van der Waals surface area contributed by atoms with Gasteiger partial charge in [-0.25, -0.2) is 0 Å². The third-order valence-corrected chi connectivity index (χ3v) is 6.44. The fourth-order valence-corrected chi connectivity index (χ4v) is 4.35. The maximum absolute atomic E-state index is 9.70. The Morgan fingerprint density at radius 1 is 1.12 bits per heavy atom. The van der Waals surface area contributed by atoms with Crippen molar-refractivity contribution in [2.24, 2.45) is 0 Å². The smallest absolute Gasteiger partial charge is 0.127 e. The minimum absolute atomic E-state index is 0.492. The van der Waals surface area contributed by atoms with Gasteiger partial charge in [-0.2, -0.15) is 5.26 Å². The van der Waals surface area contributed by atoms with E-state index in [1.54, 1.807) is 12.4 Å². The number of likely N-dealkylation sites (N-methyl/N-ethyl adjacent to an activating group) is 1. The van der Waals surface area contributed by atoms with E-state index in [9.17, 15) is 5.26 Å². The average molecular weight is 453 g/mol. The molecule has 5 rings (SSSR count). The van der Waals surface area contributed by atoms with Crippen LogP contribution in [0.3, 0.4) is 0 Å². The second-order valence-electron chi connectivity index (χ2n) is 8.78. The van der Waals surface area contributed by atoms with Crippen LogP contribution in [0.15, 0.2) is 53.3 Å². The maximum Gasteiger partial charge on any atom is 0.127 e. The molecule has 7 heteroatoms. The number of fused-ring (bicyclic) bond motifs is 1. The molecule has 2 N–H and O–H groups in total. The van der Waals surface area contributed by atoms with Crippen molar-refractivity contribution in [1.29, 1.82) is 5.26 Å². The SMILES string of the molecule is Cc1c(Nc2c(C#N)cncc2/C=C/c2ccc(CN3CCN(C)CC3)o2)ccc2[nH]ccc12. The minimum Gasteiger partial charge on any atom is -0.460 e. The number of anilines is 2. The Labute approximate surface area is 199 Å². The molecule has 4 heterocycles. The molecule has 1 fully saturated rings. The lowest BCUT2D eigenvalue weighted by Crippen LogP contribution is -2.43. The van der Waals surface area contributed by atoms with Crippen molar-refractivity contribution in [2.75, 3.05) is 38.5 Å². The van der Waals surface area contributed by atoms with Crippen molar-refractivity contribution in [3.63, 3.8) is 0 Å². The van der Waals surface area contributed by atoms with Gasteiger partial charge in [0.15, 0.2) is 0 Å². The normalized spacial score (nSPS) is 15.2. The van der Waals surface area contributed by atoms with Crippen molar-refractivity contribution in [3.8, 4) is 6.07 Å². The number of hydrogen-bond acceptors (Lipinski definition) is 6. The first-order valence-electron chi connectivity index (χ1n) is 11.5. The van der Waals surface area contributed by atoms with Gasteiger partial charge in [-0.15, -0.1) is 0 Å². The van der Waals surface area contributed by atoms with Crippen LogP contribution in [0.4, 0.5) is 11.4 Å². The van der Waals surface area contributed by atoms with Crippen molar-refractivity contribution in [3.05, 3.63) is 77.1 Å². The number of hydrogen-bond donors (Lipinski definition) is 2. The molecule has 34 heavy (non-hydrogen) atoms. The van der Waals surface area contributed by atoms with Crippen LogP contribution in [-0.4, -0.2) is 53.0 Å². The quantitative estimate of drug-likeness (QED) is 0.428. The van der Waals surface area contributed by atoms with Gasteiger partial charge >= 0.3 is 0 Å². The Kier molecular flexibility index (Phi) is 6.17. The third kappa shape index (κ3) is 4.60. The molecule has 0 amide bonds. The van der Waals surface area contributed by atoms with E-state index in [-0.39, 0.29) is 0 Å². The van der Waals surface area contributed by atoms with E-state index < -0.39 is 0 Å². The summed E-state index contributed by atoms with van der Waals surface area (Å²) >= 11 is 0. The lowest BCUT2D eigenvalue weighted by atomic mass is 10.1. The molecule has 1 saturated heterocycles. The van der Waals surface area contributed by atoms with Gasteiger partial charge in [-0.1, -0.05) is 0 Å². The van der Waals surface area contributed by atoms with Crippen molar-refractivity contribution in [1.82, 2.24) is 19.8 Å². The molecule has 0 spiro atoms. The molecular weight excluding hydrogens is 424 g/mol. The summed E-state index contributed by atoms with van der Waals surface area (Å²) in [6.45, 7) is 7.17. The second kappa shape index (κ2) is 9.56. The summed E-state index contributed by atoms with van der Waals surface area (Å²) in [5, 5.41) is 14.3. The Balaban J connectivity index is 1.37. The maximum atomic E-state index is 9.70. The first kappa shape index (κ1) is 22.0. The van der Waals surface area contributed by atoms with Gasteiger partial charge in [-0.3, -0.25) is 9.88 Å². The topological polar surface area (TPSA) is 84.1 Å². The van der Waals surface area contributed by atoms with Gasteiger partial charge in [0.2, 0.25) is 0 Å². The predicted molar refractivity (Wildman–Crippen MR) is 136 cm³/mol. The Morgan fingerprint density at radius 3 is 2.79 bits per heavy atom. The number of aromatic amines is 1. The number of aryl methyl sites for hydroxylation is 1. The molecule has 1 aliphatic rings. The summed E-state index contributed by atoms with van der Waals surface area (Å²) in [5.74, 6) is 1.74. The Hall–Kier alpha value is -3.86. The molecule has 0 radical (unpaired) electrons. The highest BCUT2D eigenvalue weighted by Crippen LogP contribution is 2.31. The monoisotopic (exact) mass is 452 g/mol. The number of aromatic nitrogens is 2. The fraction of sp³-hybridized carbons (Fsp3) is 0.259. The van der Waals surface area contributed by atoms with E-state index in [2.05, 4.69) is 51.2 Å². The summed E-state index contributed by atoms with van der Waals surface area (Å²) in [6, 6.07) is 12.4. The van der Waals surface area contributed by atoms with Gasteiger partial charge in [0.1, 0.15) is 17.6 Å². The largest absolute Gasteiger partial charge is 0.460 e. The summed E-state index contributed by atoms with van der Waals surface area (Å²) in [5.41, 5.74) is 5.21. The molecule has 4 aromatic rings. The van der Waals surface area contributed by atoms with Crippen LogP contribution >= 0.6 is 0 Å². The minimum atomic E-state index is 0.492. The van der Waals surface area contributed by atoms with Crippen LogP contribution in [0.1, 0.15) is 28.2 Å². The second-order valence-corrected chi connectivity index (χ2v) is 8.78. The summed E-state index contributed by atoms with van der Waals surface area (Å²) in [6.07, 6.45) is 9.16. The molecule has 172 valence electrons. The number of furan rings is 1. The number of pyridine rings is 1. The van der Waals surface area contributed by atoms with Crippen LogP contribution in [0.2, 0.25) is 0 Å². The molecule has 0 atom stereocenters. The average Bonchev–Trinajstić information content (AvgIpc) is 3.51. The number of nitrogens with zero attached hydrogens (tertiary/aromatic N) is 4. The highest BCUT2D eigenvalue weighted by molar-refractivity contribution is 5.90. The zero-order valence-electron chi connectivity index (χ0n) is 19.5. The van der Waals surface area contributed by atoms with Gasteiger partial charge in [0.25, 0.3) is 0 Å². The number of rotatable bonds is 6. The van der Waals surface area contributed by atoms with Crippen LogP contribution in [-0.2, 0) is 6.54 Å². The first-order valence-corrected chi connectivity index (χ1v) is 11.5. The van der Waals surface area contributed by atoms with E-state index in [1.165, 1.54) is 0 Å². The van der Waals surface area contributed by atoms with Crippen LogP contribution in [0.25, 0.3) is 23.1 Å². The zero-order chi connectivity index (χ0) is 23.5. The van der Waals surface area contributed by atoms with Gasteiger partial charge in [-0.05, 0) is 62.0 Å². The number of nitriles is 1. The van der Waals surface area contributed by atoms with Crippen molar-refractivity contribution in [2.45, 2.75) is 13.5 Å². The van der Waals surface area contributed by atoms with E-state index in [4.69, 9.17) is 4.42 Å². The molecule has 7 nitrogen and oxygen atoms in total. The van der Waals surface area contributed by atoms with Crippen LogP contribution in [0.5, 0.6) is 0 Å². The Bertz CT molecular complexity index is 1370. The molecule has 1 aliphatic heterocycles. The van der Waals surface area contributed by atoms with Crippen LogP contribution in [0, 0.1) is 18.3 Å². The number of benzene rings is 1. The lowest BCUT2D eigenvalue weighted by Gasteiger charge is -2.31. The predicted octanol–water partition coefficient (Wildman–Crippen LogP) is 5.00. The third-order valence-electron chi connectivity index (χ3n) is 6.44. The fourth-order valence-electron chi connectivity index (χ4n) is 4.35. The van der Waals surface area contributed by atoms with Gasteiger partial charge in [0.05, 0.1) is 17.8 Å². The molecule has 0 aliphatic carbocycles. The van der Waals surface area contributed by atoms with E-state index in [0.29, 0.717) is 5.56 Å². The molecular formula is C27H28N6O. The molecule has 0 bridgehead atoms. The van der Waals surface area contributed by atoms with Gasteiger partial charge < -0.3 is 19.6 Å². The van der Waals surface area contributed by atoms with Crippen molar-refractivity contribution >= 4 is 34.4 Å². The highest BCUT2D eigenvalue weighted by atomic mass is 16.3. The standard InChI is InChI=1S/C27H28N6O/c1-19-24-9-10-30-26(24)8-7-25(19)31-27-20(16-29-17-21(27)15-28)3-4-22-5-6-23(34-22)18-33-13-11-32(2)12-14-33/h3-10,16-17,30H,11-14,18H2,1-2H3,(H,29,31)/b4-3+. The molecule has 1 aromatic carbocycles. The van der Waals surface area contributed by atoms with E-state index >= 15 is 0 Å². The number of nitrogens with one attached hydrogen (secondary N) is 2. The lowest BCUT2D eigenvalue weighted by molar-refractivity contribution is 0.140. The summed E-state index contributed by atoms with van der Waals surface area (Å²) in [7, 11) is 2.16. The summed E-state index contributed by atoms with van der Waals surface area (Å²) < 4.78 is 6.06. The number of piperazine rings is 1. The molecule has 0 unspecified atom stereocenters. The molecule has 0 saturated carbocycles. The van der Waals surface area contributed by atoms with E-state index in [1.807, 2.05) is 42.6 Å². The molecule has 3 aromatic heterocycles. The zero-order valence-corrected chi connectivity index (χ0v) is 19.5. The summed E-state index contributed by atoms with van der Waals surface area (Å²) in [4.78, 5) is 12.3. The number of H-pyrrole nitrogens is 1. The van der Waals surface area contributed by atoms with Crippen molar-refractivity contribution < 1.29 is 4.42 Å². The van der Waals surface area contributed by atoms with E-state index in [0.717, 1.165) is 77.6 Å². The highest BCUT2D eigenvalue weighted by Gasteiger charge is 2.15. The first-order chi connectivity index (χ1) is 16.6. The van der Waals surface area contributed by atoms with Gasteiger partial charge in [0, 0.05) is 66.9 Å². The Morgan fingerprint density at radius 2 is 1.97 bits per heavy atom. The van der Waals surface area contributed by atoms with Crippen LogP contribution < -0.4 is 5.32 Å².